The van der Waals surface area contributed by atoms with Gasteiger partial charge in [-0.2, -0.15) is 0 Å². The number of hydrogen-bond acceptors (Lipinski definition) is 3. The standard InChI is InChI=1S/C33H42O3/c1-6-10-11-21-33(9-4,26-35-24-7-2)22-20-28-14-17-31(18-15-28)27(5)36-32-19-16-29(13-12-23-34)25-30(32)8-3/h6-7,12-19,23,25H,1-2,5,8-11,20-22,24,26H2,3-4H3/b13-12+. The minimum Gasteiger partial charge on any atom is -0.457 e. The predicted molar refractivity (Wildman–Crippen MR) is 153 cm³/mol. The zero-order valence-corrected chi connectivity index (χ0v) is 22.1. The Morgan fingerprint density at radius 1 is 1.03 bits per heavy atom. The Balaban J connectivity index is 2.05. The number of aldehydes is 1. The van der Waals surface area contributed by atoms with Gasteiger partial charge in [0, 0.05) is 5.56 Å². The van der Waals surface area contributed by atoms with Crippen LogP contribution >= 0.6 is 0 Å². The number of rotatable bonds is 18. The van der Waals surface area contributed by atoms with Gasteiger partial charge in [-0.05, 0) is 85.3 Å². The van der Waals surface area contributed by atoms with Crippen LogP contribution in [0.3, 0.4) is 0 Å². The van der Waals surface area contributed by atoms with Crippen LogP contribution in [0.25, 0.3) is 11.8 Å². The number of allylic oxidation sites excluding steroid dienone is 2. The van der Waals surface area contributed by atoms with Crippen LogP contribution < -0.4 is 4.74 Å². The highest BCUT2D eigenvalue weighted by atomic mass is 16.5. The molecule has 192 valence electrons. The van der Waals surface area contributed by atoms with Crippen molar-refractivity contribution in [2.24, 2.45) is 5.41 Å². The Morgan fingerprint density at radius 3 is 2.44 bits per heavy atom. The molecule has 2 aromatic carbocycles. The number of carbonyl (C=O) groups is 1. The fourth-order valence-corrected chi connectivity index (χ4v) is 4.39. The second-order valence-electron chi connectivity index (χ2n) is 9.28. The Bertz CT molecular complexity index is 1000. The van der Waals surface area contributed by atoms with Gasteiger partial charge in [-0.15, -0.1) is 13.2 Å². The highest BCUT2D eigenvalue weighted by Gasteiger charge is 2.27. The molecule has 0 heterocycles. The smallest absolute Gasteiger partial charge is 0.142 e. The molecule has 3 nitrogen and oxygen atoms in total. The quantitative estimate of drug-likeness (QED) is 0.0697. The summed E-state index contributed by atoms with van der Waals surface area (Å²) < 4.78 is 12.1. The van der Waals surface area contributed by atoms with Gasteiger partial charge in [0.1, 0.15) is 17.8 Å². The molecule has 0 aromatic heterocycles. The molecule has 0 radical (unpaired) electrons. The summed E-state index contributed by atoms with van der Waals surface area (Å²) in [5.41, 5.74) is 4.49. The monoisotopic (exact) mass is 486 g/mol. The molecule has 0 spiro atoms. The van der Waals surface area contributed by atoms with Gasteiger partial charge in [0.15, 0.2) is 0 Å². The fourth-order valence-electron chi connectivity index (χ4n) is 4.39. The van der Waals surface area contributed by atoms with Crippen molar-refractivity contribution < 1.29 is 14.3 Å². The molecule has 0 amide bonds. The highest BCUT2D eigenvalue weighted by molar-refractivity contribution is 5.74. The SMILES string of the molecule is C=CCCCC(CC)(CCc1ccc(C(=C)Oc2ccc(/C=C/C=O)cc2CC)cc1)COCC=C. The second kappa shape index (κ2) is 15.7. The van der Waals surface area contributed by atoms with E-state index in [-0.39, 0.29) is 5.41 Å². The summed E-state index contributed by atoms with van der Waals surface area (Å²) in [6.07, 6.45) is 15.2. The minimum absolute atomic E-state index is 0.168. The molecule has 0 aliphatic carbocycles. The van der Waals surface area contributed by atoms with E-state index >= 15 is 0 Å². The van der Waals surface area contributed by atoms with Crippen molar-refractivity contribution >= 4 is 18.1 Å². The molecule has 1 atom stereocenters. The van der Waals surface area contributed by atoms with Crippen molar-refractivity contribution in [3.8, 4) is 5.75 Å². The Labute approximate surface area is 218 Å². The average Bonchev–Trinajstić information content (AvgIpc) is 2.91. The van der Waals surface area contributed by atoms with Crippen LogP contribution in [0, 0.1) is 5.41 Å². The van der Waals surface area contributed by atoms with E-state index in [1.165, 1.54) is 11.6 Å². The van der Waals surface area contributed by atoms with Crippen molar-refractivity contribution in [1.29, 1.82) is 0 Å². The molecule has 0 saturated heterocycles. The lowest BCUT2D eigenvalue weighted by Crippen LogP contribution is -2.27. The Hall–Kier alpha value is -3.17. The summed E-state index contributed by atoms with van der Waals surface area (Å²) in [6.45, 7) is 17.5. The van der Waals surface area contributed by atoms with Gasteiger partial charge in [-0.1, -0.05) is 69.0 Å². The van der Waals surface area contributed by atoms with E-state index in [9.17, 15) is 4.79 Å². The lowest BCUT2D eigenvalue weighted by Gasteiger charge is -2.33. The predicted octanol–water partition coefficient (Wildman–Crippen LogP) is 8.40. The van der Waals surface area contributed by atoms with Gasteiger partial charge < -0.3 is 9.47 Å². The molecule has 3 heteroatoms. The first-order chi connectivity index (χ1) is 17.5. The maximum atomic E-state index is 10.6. The maximum absolute atomic E-state index is 10.6. The lowest BCUT2D eigenvalue weighted by atomic mass is 9.76. The summed E-state index contributed by atoms with van der Waals surface area (Å²) in [4.78, 5) is 10.6. The summed E-state index contributed by atoms with van der Waals surface area (Å²) in [6, 6.07) is 14.4. The molecular formula is C33H42O3. The summed E-state index contributed by atoms with van der Waals surface area (Å²) >= 11 is 0. The molecule has 0 aliphatic heterocycles. The summed E-state index contributed by atoms with van der Waals surface area (Å²) in [5, 5.41) is 0. The van der Waals surface area contributed by atoms with Crippen LogP contribution in [-0.2, 0) is 22.4 Å². The number of aryl methyl sites for hydroxylation is 2. The first kappa shape index (κ1) is 29.1. The molecular weight excluding hydrogens is 444 g/mol. The van der Waals surface area contributed by atoms with Crippen LogP contribution in [0.1, 0.15) is 68.2 Å². The van der Waals surface area contributed by atoms with Crippen molar-refractivity contribution in [1.82, 2.24) is 0 Å². The molecule has 0 aliphatic rings. The number of benzene rings is 2. The van der Waals surface area contributed by atoms with E-state index < -0.39 is 0 Å². The van der Waals surface area contributed by atoms with Gasteiger partial charge >= 0.3 is 0 Å². The zero-order valence-electron chi connectivity index (χ0n) is 22.1. The van der Waals surface area contributed by atoms with Crippen LogP contribution in [-0.4, -0.2) is 19.5 Å². The third-order valence-corrected chi connectivity index (χ3v) is 6.80. The lowest BCUT2D eigenvalue weighted by molar-refractivity contribution is -0.104. The Kier molecular flexibility index (Phi) is 12.7. The number of carbonyl (C=O) groups excluding carboxylic acids is 1. The third kappa shape index (κ3) is 9.13. The minimum atomic E-state index is 0.168. The molecule has 1 unspecified atom stereocenters. The van der Waals surface area contributed by atoms with Gasteiger partial charge in [-0.3, -0.25) is 4.79 Å². The third-order valence-electron chi connectivity index (χ3n) is 6.80. The van der Waals surface area contributed by atoms with Crippen molar-refractivity contribution in [3.63, 3.8) is 0 Å². The summed E-state index contributed by atoms with van der Waals surface area (Å²) in [5.74, 6) is 1.42. The van der Waals surface area contributed by atoms with Gasteiger partial charge in [0.2, 0.25) is 0 Å². The van der Waals surface area contributed by atoms with E-state index in [1.54, 1.807) is 6.08 Å². The van der Waals surface area contributed by atoms with Crippen molar-refractivity contribution in [2.45, 2.75) is 58.8 Å². The molecule has 2 aromatic rings. The molecule has 0 saturated carbocycles. The fraction of sp³-hybridized carbons (Fsp3) is 0.364. The van der Waals surface area contributed by atoms with E-state index in [2.05, 4.69) is 57.8 Å². The highest BCUT2D eigenvalue weighted by Crippen LogP contribution is 2.35. The van der Waals surface area contributed by atoms with E-state index in [1.807, 2.05) is 30.4 Å². The van der Waals surface area contributed by atoms with Crippen LogP contribution in [0.2, 0.25) is 0 Å². The maximum Gasteiger partial charge on any atom is 0.142 e. The summed E-state index contributed by atoms with van der Waals surface area (Å²) in [7, 11) is 0. The van der Waals surface area contributed by atoms with Crippen LogP contribution in [0.5, 0.6) is 5.75 Å². The van der Waals surface area contributed by atoms with Crippen molar-refractivity contribution in [2.75, 3.05) is 13.2 Å². The van der Waals surface area contributed by atoms with Crippen LogP contribution in [0.15, 0.2) is 80.4 Å². The average molecular weight is 487 g/mol. The van der Waals surface area contributed by atoms with Crippen LogP contribution in [0.4, 0.5) is 0 Å². The van der Waals surface area contributed by atoms with Gasteiger partial charge in [0.05, 0.1) is 13.2 Å². The van der Waals surface area contributed by atoms with E-state index in [0.29, 0.717) is 12.4 Å². The van der Waals surface area contributed by atoms with E-state index in [4.69, 9.17) is 9.47 Å². The van der Waals surface area contributed by atoms with Crippen molar-refractivity contribution in [3.05, 3.63) is 103 Å². The number of ether oxygens (including phenoxy) is 2. The molecule has 0 fully saturated rings. The Morgan fingerprint density at radius 2 is 1.81 bits per heavy atom. The molecule has 2 rings (SSSR count). The van der Waals surface area contributed by atoms with Gasteiger partial charge in [0.25, 0.3) is 0 Å². The topological polar surface area (TPSA) is 35.5 Å². The van der Waals surface area contributed by atoms with Gasteiger partial charge in [-0.25, -0.2) is 0 Å². The normalized spacial score (nSPS) is 12.7. The molecule has 0 N–H and O–H groups in total. The molecule has 0 bridgehead atoms. The zero-order chi connectivity index (χ0) is 26.2. The number of unbranched alkanes of at least 4 members (excludes halogenated alkanes) is 1. The number of hydrogen-bond donors (Lipinski definition) is 0. The first-order valence-corrected chi connectivity index (χ1v) is 13.0. The van der Waals surface area contributed by atoms with E-state index in [0.717, 1.165) is 80.3 Å². The molecule has 36 heavy (non-hydrogen) atoms. The first-order valence-electron chi connectivity index (χ1n) is 13.0. The largest absolute Gasteiger partial charge is 0.457 e. The second-order valence-corrected chi connectivity index (χ2v) is 9.28.